The molecule has 1 aliphatic heterocycles. The van der Waals surface area contributed by atoms with E-state index in [1.54, 1.807) is 11.3 Å². The number of aryl methyl sites for hydroxylation is 2. The molecule has 0 unspecified atom stereocenters. The molecule has 0 spiro atoms. The molecule has 8 heteroatoms. The predicted octanol–water partition coefficient (Wildman–Crippen LogP) is 2.26. The first kappa shape index (κ1) is 22.6. The van der Waals surface area contributed by atoms with Crippen LogP contribution < -0.4 is 10.6 Å². The normalized spacial score (nSPS) is 17.0. The third-order valence-corrected chi connectivity index (χ3v) is 5.64. The van der Waals surface area contributed by atoms with Gasteiger partial charge in [0.1, 0.15) is 0 Å². The van der Waals surface area contributed by atoms with Crippen LogP contribution in [-0.4, -0.2) is 55.5 Å². The quantitative estimate of drug-likeness (QED) is 0.316. The van der Waals surface area contributed by atoms with E-state index in [0.29, 0.717) is 19.8 Å². The van der Waals surface area contributed by atoms with Crippen molar-refractivity contribution >= 4 is 41.3 Å². The van der Waals surface area contributed by atoms with Gasteiger partial charge in [-0.2, -0.15) is 0 Å². The maximum Gasteiger partial charge on any atom is 0.191 e. The van der Waals surface area contributed by atoms with Crippen LogP contribution >= 0.6 is 35.3 Å². The number of thiazole rings is 1. The van der Waals surface area contributed by atoms with Crippen LogP contribution in [0.2, 0.25) is 0 Å². The third kappa shape index (κ3) is 6.99. The lowest BCUT2D eigenvalue weighted by Gasteiger charge is -2.34. The summed E-state index contributed by atoms with van der Waals surface area (Å²) in [6.07, 6.45) is 2.62. The van der Waals surface area contributed by atoms with Crippen molar-refractivity contribution in [3.05, 3.63) is 15.6 Å². The molecule has 2 rings (SSSR count). The lowest BCUT2D eigenvalue weighted by Crippen LogP contribution is -2.41. The summed E-state index contributed by atoms with van der Waals surface area (Å²) in [7, 11) is 0. The highest BCUT2D eigenvalue weighted by Crippen LogP contribution is 2.30. The number of nitrogens with zero attached hydrogens (tertiary/aromatic N) is 2. The van der Waals surface area contributed by atoms with E-state index in [-0.39, 0.29) is 36.0 Å². The first-order valence-corrected chi connectivity index (χ1v) is 9.54. The van der Waals surface area contributed by atoms with Gasteiger partial charge in [0.05, 0.1) is 23.9 Å². The second-order valence-electron chi connectivity index (χ2n) is 6.39. The Hall–Kier alpha value is -0.450. The van der Waals surface area contributed by atoms with E-state index in [1.165, 1.54) is 4.88 Å². The molecule has 1 aliphatic rings. The Bertz CT molecular complexity index is 525. The summed E-state index contributed by atoms with van der Waals surface area (Å²) in [5.41, 5.74) is 0.990. The highest BCUT2D eigenvalue weighted by Gasteiger charge is 2.31. The SMILES string of the molecule is CCNC(=NCC1(CO)CCOCC1)NCCc1nc(C)c(C)s1.I. The zero-order chi connectivity index (χ0) is 17.4. The van der Waals surface area contributed by atoms with Crippen molar-refractivity contribution in [2.75, 3.05) is 39.5 Å². The number of hydrogen-bond donors (Lipinski definition) is 3. The molecule has 1 aromatic heterocycles. The average molecular weight is 482 g/mol. The summed E-state index contributed by atoms with van der Waals surface area (Å²) in [6.45, 7) is 10.0. The minimum absolute atomic E-state index is 0. The molecule has 25 heavy (non-hydrogen) atoms. The number of aliphatic imine (C=N–C) groups is 1. The molecule has 0 saturated carbocycles. The number of nitrogens with one attached hydrogen (secondary N) is 2. The zero-order valence-corrected chi connectivity index (χ0v) is 18.6. The van der Waals surface area contributed by atoms with Crippen molar-refractivity contribution in [2.45, 2.75) is 40.0 Å². The fourth-order valence-corrected chi connectivity index (χ4v) is 3.63. The van der Waals surface area contributed by atoms with Crippen LogP contribution in [0.3, 0.4) is 0 Å². The minimum atomic E-state index is -0.135. The number of hydrogen-bond acceptors (Lipinski definition) is 5. The Labute approximate surface area is 171 Å². The molecular weight excluding hydrogens is 451 g/mol. The largest absolute Gasteiger partial charge is 0.396 e. The van der Waals surface area contributed by atoms with Crippen molar-refractivity contribution < 1.29 is 9.84 Å². The van der Waals surface area contributed by atoms with Gasteiger partial charge in [-0.15, -0.1) is 35.3 Å². The van der Waals surface area contributed by atoms with Gasteiger partial charge >= 0.3 is 0 Å². The maximum absolute atomic E-state index is 9.76. The molecule has 0 radical (unpaired) electrons. The number of aliphatic hydroxyl groups excluding tert-OH is 1. The standard InChI is InChI=1S/C17H30N4O2S.HI/c1-4-18-16(19-8-5-15-21-13(2)14(3)24-15)20-11-17(12-22)6-9-23-10-7-17;/h22H,4-12H2,1-3H3,(H2,18,19,20);1H. The number of rotatable bonds is 7. The Morgan fingerprint density at radius 1 is 1.32 bits per heavy atom. The molecule has 3 N–H and O–H groups in total. The van der Waals surface area contributed by atoms with Gasteiger partial charge in [0, 0.05) is 43.0 Å². The zero-order valence-electron chi connectivity index (χ0n) is 15.4. The van der Waals surface area contributed by atoms with Crippen LogP contribution in [0, 0.1) is 19.3 Å². The van der Waals surface area contributed by atoms with Gasteiger partial charge in [0.2, 0.25) is 0 Å². The van der Waals surface area contributed by atoms with Crippen molar-refractivity contribution in [2.24, 2.45) is 10.4 Å². The Morgan fingerprint density at radius 3 is 2.60 bits per heavy atom. The molecule has 0 aliphatic carbocycles. The number of ether oxygens (including phenoxy) is 1. The van der Waals surface area contributed by atoms with Gasteiger partial charge in [-0.3, -0.25) is 4.99 Å². The summed E-state index contributed by atoms with van der Waals surface area (Å²) in [5.74, 6) is 0.807. The van der Waals surface area contributed by atoms with Gasteiger partial charge in [-0.05, 0) is 33.6 Å². The van der Waals surface area contributed by atoms with Crippen LogP contribution in [0.25, 0.3) is 0 Å². The third-order valence-electron chi connectivity index (χ3n) is 4.51. The van der Waals surface area contributed by atoms with E-state index in [4.69, 9.17) is 9.73 Å². The Kier molecular flexibility index (Phi) is 10.2. The predicted molar refractivity (Wildman–Crippen MR) is 114 cm³/mol. The van der Waals surface area contributed by atoms with Gasteiger partial charge < -0.3 is 20.5 Å². The van der Waals surface area contributed by atoms with Crippen LogP contribution in [0.1, 0.15) is 35.3 Å². The molecule has 0 bridgehead atoms. The highest BCUT2D eigenvalue weighted by atomic mass is 127. The molecular formula is C17H31IN4O2S. The second kappa shape index (κ2) is 11.3. The van der Waals surface area contributed by atoms with E-state index in [1.807, 2.05) is 0 Å². The van der Waals surface area contributed by atoms with Crippen LogP contribution in [0.4, 0.5) is 0 Å². The fraction of sp³-hybridized carbons (Fsp3) is 0.765. The summed E-state index contributed by atoms with van der Waals surface area (Å²) in [5, 5.41) is 17.6. The average Bonchev–Trinajstić information content (AvgIpc) is 2.91. The summed E-state index contributed by atoms with van der Waals surface area (Å²) in [4.78, 5) is 10.6. The Morgan fingerprint density at radius 2 is 2.04 bits per heavy atom. The van der Waals surface area contributed by atoms with E-state index in [2.05, 4.69) is 36.4 Å². The molecule has 6 nitrogen and oxygen atoms in total. The number of halogens is 1. The first-order valence-electron chi connectivity index (χ1n) is 8.72. The van der Waals surface area contributed by atoms with Crippen molar-refractivity contribution in [3.8, 4) is 0 Å². The molecule has 0 aromatic carbocycles. The van der Waals surface area contributed by atoms with E-state index in [0.717, 1.165) is 49.0 Å². The van der Waals surface area contributed by atoms with Gasteiger partial charge in [0.15, 0.2) is 5.96 Å². The molecule has 1 fully saturated rings. The van der Waals surface area contributed by atoms with Gasteiger partial charge in [-0.25, -0.2) is 4.98 Å². The van der Waals surface area contributed by atoms with E-state index < -0.39 is 0 Å². The summed E-state index contributed by atoms with van der Waals surface area (Å²) in [6, 6.07) is 0. The van der Waals surface area contributed by atoms with Crippen molar-refractivity contribution in [1.29, 1.82) is 0 Å². The molecule has 1 aromatic rings. The first-order chi connectivity index (χ1) is 11.6. The number of guanidine groups is 1. The van der Waals surface area contributed by atoms with E-state index in [9.17, 15) is 5.11 Å². The second-order valence-corrected chi connectivity index (χ2v) is 7.68. The minimum Gasteiger partial charge on any atom is -0.396 e. The lowest BCUT2D eigenvalue weighted by atomic mass is 9.81. The van der Waals surface area contributed by atoms with Crippen LogP contribution in [-0.2, 0) is 11.2 Å². The number of aliphatic hydroxyl groups is 1. The van der Waals surface area contributed by atoms with Gasteiger partial charge in [0.25, 0.3) is 0 Å². The maximum atomic E-state index is 9.76. The van der Waals surface area contributed by atoms with Crippen molar-refractivity contribution in [3.63, 3.8) is 0 Å². The van der Waals surface area contributed by atoms with Gasteiger partial charge in [-0.1, -0.05) is 0 Å². The topological polar surface area (TPSA) is 78.8 Å². The molecule has 1 saturated heterocycles. The van der Waals surface area contributed by atoms with Crippen molar-refractivity contribution in [1.82, 2.24) is 15.6 Å². The molecule has 144 valence electrons. The summed E-state index contributed by atoms with van der Waals surface area (Å²) < 4.78 is 5.41. The van der Waals surface area contributed by atoms with E-state index >= 15 is 0 Å². The lowest BCUT2D eigenvalue weighted by molar-refractivity contribution is -0.0106. The summed E-state index contributed by atoms with van der Waals surface area (Å²) >= 11 is 1.76. The molecule has 0 atom stereocenters. The fourth-order valence-electron chi connectivity index (χ4n) is 2.69. The monoisotopic (exact) mass is 482 g/mol. The van der Waals surface area contributed by atoms with Crippen LogP contribution in [0.5, 0.6) is 0 Å². The Balaban J connectivity index is 0.00000312. The molecule has 0 amide bonds. The smallest absolute Gasteiger partial charge is 0.191 e. The highest BCUT2D eigenvalue weighted by molar-refractivity contribution is 14.0. The number of aromatic nitrogens is 1. The molecule has 2 heterocycles. The van der Waals surface area contributed by atoms with Crippen LogP contribution in [0.15, 0.2) is 4.99 Å².